The number of carbonyl (C=O) groups is 2. The van der Waals surface area contributed by atoms with E-state index in [4.69, 9.17) is 16.7 Å². The number of rotatable bonds is 7. The fraction of sp³-hybridized carbons (Fsp3) is 0.231. The van der Waals surface area contributed by atoms with Gasteiger partial charge in [0, 0.05) is 18.1 Å². The van der Waals surface area contributed by atoms with Crippen LogP contribution in [-0.2, 0) is 0 Å². The van der Waals surface area contributed by atoms with Crippen LogP contribution in [0, 0.1) is 0 Å². The van der Waals surface area contributed by atoms with Crippen LogP contribution in [0.5, 0.6) is 0 Å². The molecule has 0 saturated carbocycles. The van der Waals surface area contributed by atoms with E-state index in [9.17, 15) is 9.59 Å². The Morgan fingerprint density at radius 2 is 2.20 bits per heavy atom. The van der Waals surface area contributed by atoms with Crippen LogP contribution in [0.15, 0.2) is 30.9 Å². The first kappa shape index (κ1) is 16.4. The summed E-state index contributed by atoms with van der Waals surface area (Å²) in [6, 6.07) is 3.70. The molecule has 0 heterocycles. The molecule has 0 aromatic heterocycles. The summed E-state index contributed by atoms with van der Waals surface area (Å²) < 4.78 is 0. The van der Waals surface area contributed by atoms with Gasteiger partial charge < -0.3 is 15.7 Å². The summed E-state index contributed by atoms with van der Waals surface area (Å²) in [6.45, 7) is 4.10. The van der Waals surface area contributed by atoms with Crippen LogP contribution < -0.4 is 10.6 Å². The van der Waals surface area contributed by atoms with Gasteiger partial charge >= 0.3 is 12.0 Å². The van der Waals surface area contributed by atoms with Crippen molar-refractivity contribution in [2.45, 2.75) is 0 Å². The highest BCUT2D eigenvalue weighted by Gasteiger charge is 2.09. The molecule has 0 saturated heterocycles. The van der Waals surface area contributed by atoms with Crippen molar-refractivity contribution in [3.8, 4) is 0 Å². The fourth-order valence-corrected chi connectivity index (χ4v) is 2.07. The number of halogens is 1. The average Bonchev–Trinajstić information content (AvgIpc) is 2.40. The van der Waals surface area contributed by atoms with E-state index in [2.05, 4.69) is 17.2 Å². The van der Waals surface area contributed by atoms with Gasteiger partial charge in [0.2, 0.25) is 0 Å². The van der Waals surface area contributed by atoms with E-state index in [1.165, 1.54) is 18.2 Å². The minimum absolute atomic E-state index is 0.0613. The van der Waals surface area contributed by atoms with Gasteiger partial charge in [-0.1, -0.05) is 17.7 Å². The lowest BCUT2D eigenvalue weighted by molar-refractivity contribution is 0.0697. The number of anilines is 1. The molecule has 0 aliphatic rings. The van der Waals surface area contributed by atoms with Gasteiger partial charge in [0.05, 0.1) is 16.3 Å². The van der Waals surface area contributed by atoms with Crippen LogP contribution in [0.1, 0.15) is 10.4 Å². The normalized spacial score (nSPS) is 9.85. The maximum atomic E-state index is 11.6. The molecule has 5 nitrogen and oxygen atoms in total. The lowest BCUT2D eigenvalue weighted by Gasteiger charge is -2.09. The molecule has 0 bridgehead atoms. The number of benzene rings is 1. The monoisotopic (exact) mass is 314 g/mol. The first-order chi connectivity index (χ1) is 9.54. The molecule has 2 amide bonds. The van der Waals surface area contributed by atoms with Gasteiger partial charge in [0.15, 0.2) is 0 Å². The second-order valence-corrected chi connectivity index (χ2v) is 5.30. The Morgan fingerprint density at radius 1 is 1.45 bits per heavy atom. The maximum Gasteiger partial charge on any atom is 0.335 e. The van der Waals surface area contributed by atoms with Crippen LogP contribution in [0.2, 0.25) is 5.02 Å². The second-order valence-electron chi connectivity index (χ2n) is 3.74. The summed E-state index contributed by atoms with van der Waals surface area (Å²) in [4.78, 5) is 22.5. The Bertz CT molecular complexity index is 508. The quantitative estimate of drug-likeness (QED) is 0.534. The van der Waals surface area contributed by atoms with Crippen LogP contribution in [0.3, 0.4) is 0 Å². The molecule has 1 aromatic rings. The molecule has 0 aliphatic heterocycles. The Labute approximate surface area is 126 Å². The Hall–Kier alpha value is -1.66. The molecule has 0 fully saturated rings. The van der Waals surface area contributed by atoms with Crippen LogP contribution in [0.4, 0.5) is 10.5 Å². The predicted molar refractivity (Wildman–Crippen MR) is 83.0 cm³/mol. The molecule has 20 heavy (non-hydrogen) atoms. The largest absolute Gasteiger partial charge is 0.478 e. The molecule has 1 aromatic carbocycles. The summed E-state index contributed by atoms with van der Waals surface area (Å²) in [5, 5.41) is 14.3. The van der Waals surface area contributed by atoms with Crippen molar-refractivity contribution < 1.29 is 14.7 Å². The second kappa shape index (κ2) is 8.50. The number of nitrogens with one attached hydrogen (secondary N) is 2. The van der Waals surface area contributed by atoms with Crippen LogP contribution >= 0.6 is 23.4 Å². The fourth-order valence-electron chi connectivity index (χ4n) is 1.32. The van der Waals surface area contributed by atoms with Crippen LogP contribution in [0.25, 0.3) is 0 Å². The van der Waals surface area contributed by atoms with Crippen molar-refractivity contribution in [2.75, 3.05) is 23.4 Å². The summed E-state index contributed by atoms with van der Waals surface area (Å²) >= 11 is 7.54. The molecule has 7 heteroatoms. The zero-order valence-electron chi connectivity index (χ0n) is 10.7. The third kappa shape index (κ3) is 5.54. The van der Waals surface area contributed by atoms with Gasteiger partial charge in [0.1, 0.15) is 0 Å². The maximum absolute atomic E-state index is 11.6. The molecule has 0 aliphatic carbocycles. The molecular formula is C13H15ClN2O3S. The highest BCUT2D eigenvalue weighted by atomic mass is 35.5. The van der Waals surface area contributed by atoms with E-state index in [0.717, 1.165) is 11.5 Å². The van der Waals surface area contributed by atoms with E-state index in [-0.39, 0.29) is 16.3 Å². The smallest absolute Gasteiger partial charge is 0.335 e. The van der Waals surface area contributed by atoms with E-state index < -0.39 is 12.0 Å². The van der Waals surface area contributed by atoms with Gasteiger partial charge in [-0.15, -0.1) is 6.58 Å². The zero-order chi connectivity index (χ0) is 15.0. The van der Waals surface area contributed by atoms with E-state index in [1.54, 1.807) is 17.8 Å². The molecule has 0 radical (unpaired) electrons. The van der Waals surface area contributed by atoms with E-state index in [0.29, 0.717) is 6.54 Å². The molecule has 0 unspecified atom stereocenters. The zero-order valence-corrected chi connectivity index (χ0v) is 12.3. The topological polar surface area (TPSA) is 78.4 Å². The summed E-state index contributed by atoms with van der Waals surface area (Å²) in [7, 11) is 0. The SMILES string of the molecule is C=CCSCCNC(=O)Nc1cc(C(=O)O)ccc1Cl. The number of carboxylic acids is 1. The number of amides is 2. The molecule has 3 N–H and O–H groups in total. The van der Waals surface area contributed by atoms with Crippen molar-refractivity contribution in [3.63, 3.8) is 0 Å². The van der Waals surface area contributed by atoms with Crippen molar-refractivity contribution in [2.24, 2.45) is 0 Å². The number of thioether (sulfide) groups is 1. The summed E-state index contributed by atoms with van der Waals surface area (Å²) in [5.41, 5.74) is 0.328. The first-order valence-electron chi connectivity index (χ1n) is 5.81. The van der Waals surface area contributed by atoms with Gasteiger partial charge in [-0.2, -0.15) is 11.8 Å². The third-order valence-electron chi connectivity index (χ3n) is 2.23. The number of hydrogen-bond acceptors (Lipinski definition) is 3. The molecule has 1 rings (SSSR count). The minimum Gasteiger partial charge on any atom is -0.478 e. The first-order valence-corrected chi connectivity index (χ1v) is 7.34. The Balaban J connectivity index is 2.50. The van der Waals surface area contributed by atoms with Crippen molar-refractivity contribution in [1.29, 1.82) is 0 Å². The van der Waals surface area contributed by atoms with Crippen molar-refractivity contribution in [1.82, 2.24) is 5.32 Å². The predicted octanol–water partition coefficient (Wildman–Crippen LogP) is 3.08. The van der Waals surface area contributed by atoms with Gasteiger partial charge in [-0.3, -0.25) is 0 Å². The number of carboxylic acid groups (broad SMARTS) is 1. The molecule has 108 valence electrons. The van der Waals surface area contributed by atoms with E-state index in [1.807, 2.05) is 0 Å². The highest BCUT2D eigenvalue weighted by molar-refractivity contribution is 7.99. The van der Waals surface area contributed by atoms with Gasteiger partial charge in [-0.05, 0) is 18.2 Å². The summed E-state index contributed by atoms with van der Waals surface area (Å²) in [5.74, 6) is 0.518. The third-order valence-corrected chi connectivity index (χ3v) is 3.52. The van der Waals surface area contributed by atoms with E-state index >= 15 is 0 Å². The summed E-state index contributed by atoms with van der Waals surface area (Å²) in [6.07, 6.45) is 1.79. The Morgan fingerprint density at radius 3 is 2.85 bits per heavy atom. The van der Waals surface area contributed by atoms with Crippen molar-refractivity contribution >= 4 is 41.1 Å². The highest BCUT2D eigenvalue weighted by Crippen LogP contribution is 2.22. The Kier molecular flexibility index (Phi) is 6.97. The molecular weight excluding hydrogens is 300 g/mol. The number of aromatic carboxylic acids is 1. The minimum atomic E-state index is -1.08. The van der Waals surface area contributed by atoms with Gasteiger partial charge in [0.25, 0.3) is 0 Å². The number of carbonyl (C=O) groups excluding carboxylic acids is 1. The van der Waals surface area contributed by atoms with Gasteiger partial charge in [-0.25, -0.2) is 9.59 Å². The van der Waals surface area contributed by atoms with Crippen molar-refractivity contribution in [3.05, 3.63) is 41.4 Å². The average molecular weight is 315 g/mol. The number of urea groups is 1. The van der Waals surface area contributed by atoms with Crippen LogP contribution in [-0.4, -0.2) is 35.2 Å². The molecule has 0 atom stereocenters. The lowest BCUT2D eigenvalue weighted by atomic mass is 10.2. The molecule has 0 spiro atoms. The standard InChI is InChI=1S/C13H15ClN2O3S/c1-2-6-20-7-5-15-13(19)16-11-8-9(12(17)18)3-4-10(11)14/h2-4,8H,1,5-7H2,(H,17,18)(H2,15,16,19). The lowest BCUT2D eigenvalue weighted by Crippen LogP contribution is -2.30. The number of hydrogen-bond donors (Lipinski definition) is 3.